The number of likely N-dealkylation sites (tertiary alicyclic amines) is 1. The zero-order chi connectivity index (χ0) is 16.4. The number of rotatable bonds is 5. The Morgan fingerprint density at radius 2 is 2.13 bits per heavy atom. The van der Waals surface area contributed by atoms with Gasteiger partial charge in [0.05, 0.1) is 17.8 Å². The molecule has 23 heavy (non-hydrogen) atoms. The lowest BCUT2D eigenvalue weighted by atomic mass is 10.1. The van der Waals surface area contributed by atoms with Crippen LogP contribution in [0, 0.1) is 20.8 Å². The summed E-state index contributed by atoms with van der Waals surface area (Å²) in [6, 6.07) is 9.12. The Labute approximate surface area is 138 Å². The maximum Gasteiger partial charge on any atom is 0.124 e. The lowest BCUT2D eigenvalue weighted by Crippen LogP contribution is -2.28. The van der Waals surface area contributed by atoms with Crippen molar-refractivity contribution < 1.29 is 4.74 Å². The summed E-state index contributed by atoms with van der Waals surface area (Å²) >= 11 is 0. The normalized spacial score (nSPS) is 21.9. The molecule has 4 nitrogen and oxygen atoms in total. The summed E-state index contributed by atoms with van der Waals surface area (Å²) in [6.07, 6.45) is 2.37. The molecular formula is C19H27N3O. The molecule has 1 aliphatic heterocycles. The average molecular weight is 313 g/mol. The minimum absolute atomic E-state index is 0.295. The smallest absolute Gasteiger partial charge is 0.124 e. The van der Waals surface area contributed by atoms with Crippen molar-refractivity contribution in [2.45, 2.75) is 45.8 Å². The molecule has 1 aromatic heterocycles. The zero-order valence-corrected chi connectivity index (χ0v) is 14.6. The number of hydrogen-bond donors (Lipinski definition) is 1. The van der Waals surface area contributed by atoms with Crippen LogP contribution in [-0.4, -0.2) is 41.2 Å². The van der Waals surface area contributed by atoms with Crippen LogP contribution in [0.1, 0.15) is 40.8 Å². The number of nitrogens with zero attached hydrogens (tertiary/aromatic N) is 2. The Bertz CT molecular complexity index is 645. The first-order chi connectivity index (χ1) is 11.1. The Balaban J connectivity index is 1.72. The second kappa shape index (κ2) is 6.85. The van der Waals surface area contributed by atoms with Crippen LogP contribution in [0.5, 0.6) is 0 Å². The second-order valence-corrected chi connectivity index (χ2v) is 6.68. The van der Waals surface area contributed by atoms with Crippen molar-refractivity contribution >= 4 is 0 Å². The van der Waals surface area contributed by atoms with Crippen molar-refractivity contribution in [2.75, 3.05) is 20.2 Å². The highest BCUT2D eigenvalue weighted by atomic mass is 16.5. The molecule has 0 saturated carbocycles. The summed E-state index contributed by atoms with van der Waals surface area (Å²) < 4.78 is 5.62. The van der Waals surface area contributed by atoms with E-state index in [-0.39, 0.29) is 0 Å². The van der Waals surface area contributed by atoms with Crippen molar-refractivity contribution in [3.63, 3.8) is 0 Å². The van der Waals surface area contributed by atoms with Crippen molar-refractivity contribution in [1.29, 1.82) is 0 Å². The van der Waals surface area contributed by atoms with Gasteiger partial charge in [-0.1, -0.05) is 29.8 Å². The summed E-state index contributed by atoms with van der Waals surface area (Å²) in [5, 5.41) is 0. The van der Waals surface area contributed by atoms with Crippen LogP contribution in [0.15, 0.2) is 24.3 Å². The molecule has 1 aromatic carbocycles. The van der Waals surface area contributed by atoms with Gasteiger partial charge in [-0.05, 0) is 39.2 Å². The molecule has 2 aromatic rings. The van der Waals surface area contributed by atoms with Crippen LogP contribution < -0.4 is 0 Å². The number of nitrogens with one attached hydrogen (secondary N) is 1. The van der Waals surface area contributed by atoms with Gasteiger partial charge in [-0.3, -0.25) is 4.90 Å². The van der Waals surface area contributed by atoms with Gasteiger partial charge >= 0.3 is 0 Å². The maximum atomic E-state index is 5.62. The third-order valence-corrected chi connectivity index (χ3v) is 4.93. The number of hydrogen-bond acceptors (Lipinski definition) is 3. The van der Waals surface area contributed by atoms with E-state index in [2.05, 4.69) is 54.9 Å². The van der Waals surface area contributed by atoms with Gasteiger partial charge < -0.3 is 9.72 Å². The number of benzene rings is 1. The molecule has 1 aliphatic rings. The van der Waals surface area contributed by atoms with Gasteiger partial charge in [-0.15, -0.1) is 0 Å². The van der Waals surface area contributed by atoms with Crippen LogP contribution >= 0.6 is 0 Å². The number of ether oxygens (including phenoxy) is 1. The van der Waals surface area contributed by atoms with E-state index >= 15 is 0 Å². The molecule has 1 fully saturated rings. The predicted octanol–water partition coefficient (Wildman–Crippen LogP) is 3.34. The van der Waals surface area contributed by atoms with Crippen molar-refractivity contribution in [1.82, 2.24) is 14.9 Å². The third kappa shape index (κ3) is 3.65. The first-order valence-electron chi connectivity index (χ1n) is 8.42. The molecule has 1 N–H and O–H groups in total. The van der Waals surface area contributed by atoms with Crippen molar-refractivity contribution in [3.8, 4) is 0 Å². The van der Waals surface area contributed by atoms with Gasteiger partial charge in [-0.25, -0.2) is 4.98 Å². The number of H-pyrrole nitrogens is 1. The van der Waals surface area contributed by atoms with Crippen LogP contribution in [0.3, 0.4) is 0 Å². The summed E-state index contributed by atoms with van der Waals surface area (Å²) in [5.74, 6) is 1.09. The van der Waals surface area contributed by atoms with E-state index in [1.807, 2.05) is 7.11 Å². The summed E-state index contributed by atoms with van der Waals surface area (Å²) in [4.78, 5) is 10.7. The SMILES string of the molecule is CO[C@@H]1C[C@@H](c2nc(C)c(C)[nH]2)N(CCc2cccc(C)c2)C1. The van der Waals surface area contributed by atoms with Crippen LogP contribution in [0.4, 0.5) is 0 Å². The molecule has 2 heterocycles. The van der Waals surface area contributed by atoms with Gasteiger partial charge in [-0.2, -0.15) is 0 Å². The molecule has 0 aliphatic carbocycles. The minimum Gasteiger partial charge on any atom is -0.380 e. The Morgan fingerprint density at radius 3 is 2.78 bits per heavy atom. The molecule has 0 unspecified atom stereocenters. The molecule has 0 radical (unpaired) electrons. The topological polar surface area (TPSA) is 41.1 Å². The largest absolute Gasteiger partial charge is 0.380 e. The molecule has 1 saturated heterocycles. The number of aromatic amines is 1. The quantitative estimate of drug-likeness (QED) is 0.920. The molecule has 0 amide bonds. The highest BCUT2D eigenvalue weighted by Crippen LogP contribution is 2.32. The second-order valence-electron chi connectivity index (χ2n) is 6.68. The average Bonchev–Trinajstić information content (AvgIpc) is 3.09. The number of aryl methyl sites for hydroxylation is 3. The van der Waals surface area contributed by atoms with E-state index in [1.165, 1.54) is 16.8 Å². The van der Waals surface area contributed by atoms with Crippen molar-refractivity contribution in [2.24, 2.45) is 0 Å². The van der Waals surface area contributed by atoms with E-state index in [0.29, 0.717) is 12.1 Å². The van der Waals surface area contributed by atoms with E-state index in [4.69, 9.17) is 9.72 Å². The monoisotopic (exact) mass is 313 g/mol. The number of aromatic nitrogens is 2. The van der Waals surface area contributed by atoms with Crippen LogP contribution in [0.25, 0.3) is 0 Å². The molecule has 4 heteroatoms. The summed E-state index contributed by atoms with van der Waals surface area (Å²) in [7, 11) is 1.81. The van der Waals surface area contributed by atoms with Gasteiger partial charge in [0.1, 0.15) is 5.82 Å². The first kappa shape index (κ1) is 16.2. The van der Waals surface area contributed by atoms with Crippen LogP contribution in [-0.2, 0) is 11.2 Å². The van der Waals surface area contributed by atoms with Gasteiger partial charge in [0.2, 0.25) is 0 Å². The van der Waals surface area contributed by atoms with Gasteiger partial charge in [0.15, 0.2) is 0 Å². The lowest BCUT2D eigenvalue weighted by Gasteiger charge is -2.22. The molecule has 124 valence electrons. The lowest BCUT2D eigenvalue weighted by molar-refractivity contribution is 0.108. The first-order valence-corrected chi connectivity index (χ1v) is 8.42. The number of imidazole rings is 1. The van der Waals surface area contributed by atoms with E-state index in [0.717, 1.165) is 37.4 Å². The van der Waals surface area contributed by atoms with Gasteiger partial charge in [0.25, 0.3) is 0 Å². The summed E-state index contributed by atoms with van der Waals surface area (Å²) in [6.45, 7) is 8.32. The zero-order valence-electron chi connectivity index (χ0n) is 14.6. The molecule has 0 spiro atoms. The highest BCUT2D eigenvalue weighted by Gasteiger charge is 2.34. The Morgan fingerprint density at radius 1 is 1.30 bits per heavy atom. The number of methoxy groups -OCH3 is 1. The van der Waals surface area contributed by atoms with E-state index < -0.39 is 0 Å². The highest BCUT2D eigenvalue weighted by molar-refractivity contribution is 5.22. The Kier molecular flexibility index (Phi) is 4.83. The molecular weight excluding hydrogens is 286 g/mol. The van der Waals surface area contributed by atoms with E-state index in [9.17, 15) is 0 Å². The maximum absolute atomic E-state index is 5.62. The van der Waals surface area contributed by atoms with Crippen LogP contribution in [0.2, 0.25) is 0 Å². The molecule has 2 atom stereocenters. The van der Waals surface area contributed by atoms with Gasteiger partial charge in [0, 0.05) is 25.9 Å². The molecule has 0 bridgehead atoms. The predicted molar refractivity (Wildman–Crippen MR) is 92.7 cm³/mol. The van der Waals surface area contributed by atoms with Crippen molar-refractivity contribution in [3.05, 3.63) is 52.6 Å². The summed E-state index contributed by atoms with van der Waals surface area (Å²) in [5.41, 5.74) is 4.99. The third-order valence-electron chi connectivity index (χ3n) is 4.93. The fourth-order valence-corrected chi connectivity index (χ4v) is 3.44. The Hall–Kier alpha value is -1.65. The standard InChI is InChI=1S/C19H27N3O/c1-13-6-5-7-16(10-13)8-9-22-12-17(23-4)11-18(22)19-20-14(2)15(3)21-19/h5-7,10,17-18H,8-9,11-12H2,1-4H3,(H,20,21)/t17-,18+/m1/s1. The minimum atomic E-state index is 0.295. The molecule has 3 rings (SSSR count). The fraction of sp³-hybridized carbons (Fsp3) is 0.526. The fourth-order valence-electron chi connectivity index (χ4n) is 3.44. The van der Waals surface area contributed by atoms with E-state index in [1.54, 1.807) is 0 Å².